The Morgan fingerprint density at radius 3 is 2.87 bits per heavy atom. The second-order valence-corrected chi connectivity index (χ2v) is 9.35. The lowest BCUT2D eigenvalue weighted by molar-refractivity contribution is -0.122. The average molecular weight is 421 g/mol. The first-order valence-corrected chi connectivity index (χ1v) is 11.2. The van der Waals surface area contributed by atoms with E-state index in [1.54, 1.807) is 0 Å². The van der Waals surface area contributed by atoms with Gasteiger partial charge in [0.25, 0.3) is 0 Å². The Kier molecular flexibility index (Phi) is 4.30. The molecule has 1 amide bonds. The van der Waals surface area contributed by atoms with Gasteiger partial charge < -0.3 is 24.0 Å². The van der Waals surface area contributed by atoms with Crippen LogP contribution in [-0.4, -0.2) is 57.4 Å². The molecule has 2 atom stereocenters. The maximum atomic E-state index is 14.2. The van der Waals surface area contributed by atoms with Crippen molar-refractivity contribution in [2.24, 2.45) is 0 Å². The number of rotatable bonds is 4. The van der Waals surface area contributed by atoms with Crippen LogP contribution in [-0.2, 0) is 27.9 Å². The first-order chi connectivity index (χ1) is 15.1. The van der Waals surface area contributed by atoms with Gasteiger partial charge >= 0.3 is 0 Å². The summed E-state index contributed by atoms with van der Waals surface area (Å²) in [6.07, 6.45) is 3.03. The fourth-order valence-electron chi connectivity index (χ4n) is 5.70. The number of carbonyl (C=O) groups excluding carboxylic acids is 1. The highest BCUT2D eigenvalue weighted by Gasteiger charge is 2.58. The van der Waals surface area contributed by atoms with Gasteiger partial charge in [-0.05, 0) is 50.2 Å². The largest absolute Gasteiger partial charge is 0.493 e. The van der Waals surface area contributed by atoms with Gasteiger partial charge in [0.2, 0.25) is 5.91 Å². The summed E-state index contributed by atoms with van der Waals surface area (Å²) in [4.78, 5) is 18.3. The quantitative estimate of drug-likeness (QED) is 0.761. The van der Waals surface area contributed by atoms with E-state index in [9.17, 15) is 4.79 Å². The van der Waals surface area contributed by atoms with Crippen LogP contribution < -0.4 is 14.4 Å². The number of hydrogen-bond donors (Lipinski definition) is 0. The highest BCUT2D eigenvalue weighted by Crippen LogP contribution is 2.55. The zero-order chi connectivity index (χ0) is 21.2. The zero-order valence-corrected chi connectivity index (χ0v) is 18.1. The summed E-state index contributed by atoms with van der Waals surface area (Å²) >= 11 is 0. The van der Waals surface area contributed by atoms with Crippen LogP contribution in [0.4, 0.5) is 5.69 Å². The van der Waals surface area contributed by atoms with Gasteiger partial charge in [-0.25, -0.2) is 0 Å². The van der Waals surface area contributed by atoms with E-state index >= 15 is 0 Å². The summed E-state index contributed by atoms with van der Waals surface area (Å²) in [6, 6.07) is 10.5. The second kappa shape index (κ2) is 6.97. The summed E-state index contributed by atoms with van der Waals surface area (Å²) in [5.41, 5.74) is 4.65. The molecule has 1 fully saturated rings. The molecule has 1 saturated heterocycles. The minimum absolute atomic E-state index is 0.0969. The van der Waals surface area contributed by atoms with E-state index in [0.717, 1.165) is 60.7 Å². The maximum absolute atomic E-state index is 14.2. The molecular formula is C25H28N2O4. The van der Waals surface area contributed by atoms with Crippen LogP contribution in [0.15, 0.2) is 30.3 Å². The Hall–Kier alpha value is -2.57. The van der Waals surface area contributed by atoms with E-state index in [1.807, 2.05) is 11.0 Å². The summed E-state index contributed by atoms with van der Waals surface area (Å²) in [5.74, 6) is 1.78. The van der Waals surface area contributed by atoms with Gasteiger partial charge in [-0.1, -0.05) is 12.1 Å². The highest BCUT2D eigenvalue weighted by molar-refractivity contribution is 6.12. The number of amides is 1. The van der Waals surface area contributed by atoms with E-state index in [1.165, 1.54) is 11.1 Å². The molecule has 0 saturated carbocycles. The molecule has 0 aromatic heterocycles. The van der Waals surface area contributed by atoms with Gasteiger partial charge in [-0.3, -0.25) is 4.79 Å². The molecule has 4 aliphatic heterocycles. The van der Waals surface area contributed by atoms with E-state index < -0.39 is 5.41 Å². The molecule has 4 aliphatic rings. The van der Waals surface area contributed by atoms with Crippen LogP contribution in [0.5, 0.6) is 11.5 Å². The molecule has 4 heterocycles. The van der Waals surface area contributed by atoms with Crippen LogP contribution in [0.25, 0.3) is 0 Å². The Morgan fingerprint density at radius 1 is 1.16 bits per heavy atom. The predicted octanol–water partition coefficient (Wildman–Crippen LogP) is 2.89. The van der Waals surface area contributed by atoms with Crippen molar-refractivity contribution in [2.45, 2.75) is 37.3 Å². The smallest absolute Gasteiger partial charge is 0.245 e. The summed E-state index contributed by atoms with van der Waals surface area (Å²) in [6.45, 7) is 3.18. The lowest BCUT2D eigenvalue weighted by Crippen LogP contribution is -2.45. The Labute approximate surface area is 182 Å². The Morgan fingerprint density at radius 2 is 2.06 bits per heavy atom. The molecule has 0 N–H and O–H groups in total. The van der Waals surface area contributed by atoms with Crippen LogP contribution in [0.1, 0.15) is 35.1 Å². The number of ether oxygens (including phenoxy) is 3. The van der Waals surface area contributed by atoms with Crippen molar-refractivity contribution in [1.29, 1.82) is 0 Å². The fourth-order valence-corrected chi connectivity index (χ4v) is 5.70. The third kappa shape index (κ3) is 2.74. The summed E-state index contributed by atoms with van der Waals surface area (Å²) < 4.78 is 17.9. The summed E-state index contributed by atoms with van der Waals surface area (Å²) in [7, 11) is 4.13. The molecule has 2 aromatic rings. The molecule has 2 aromatic carbocycles. The number of anilines is 1. The molecule has 162 valence electrons. The van der Waals surface area contributed by atoms with Gasteiger partial charge in [0, 0.05) is 42.5 Å². The average Bonchev–Trinajstić information content (AvgIpc) is 3.52. The van der Waals surface area contributed by atoms with Gasteiger partial charge in [0.05, 0.1) is 19.3 Å². The lowest BCUT2D eigenvalue weighted by atomic mass is 9.74. The molecule has 0 aliphatic carbocycles. The molecular weight excluding hydrogens is 392 g/mol. The van der Waals surface area contributed by atoms with Crippen molar-refractivity contribution in [2.75, 3.05) is 45.4 Å². The molecule has 6 rings (SSSR count). The molecule has 0 radical (unpaired) electrons. The second-order valence-electron chi connectivity index (χ2n) is 9.35. The van der Waals surface area contributed by atoms with Crippen molar-refractivity contribution in [3.63, 3.8) is 0 Å². The van der Waals surface area contributed by atoms with E-state index in [-0.39, 0.29) is 12.0 Å². The van der Waals surface area contributed by atoms with Gasteiger partial charge in [0.15, 0.2) is 0 Å². The molecule has 6 heteroatoms. The first kappa shape index (κ1) is 19.1. The van der Waals surface area contributed by atoms with E-state index in [4.69, 9.17) is 14.2 Å². The topological polar surface area (TPSA) is 51.2 Å². The third-order valence-electron chi connectivity index (χ3n) is 7.05. The number of hydrogen-bond acceptors (Lipinski definition) is 5. The molecule has 1 spiro atoms. The number of nitrogens with zero attached hydrogens (tertiary/aromatic N) is 2. The summed E-state index contributed by atoms with van der Waals surface area (Å²) in [5, 5.41) is 0. The highest BCUT2D eigenvalue weighted by atomic mass is 16.5. The van der Waals surface area contributed by atoms with Crippen LogP contribution in [0, 0.1) is 0 Å². The van der Waals surface area contributed by atoms with Crippen molar-refractivity contribution in [3.8, 4) is 11.5 Å². The third-order valence-corrected chi connectivity index (χ3v) is 7.05. The SMILES string of the molecule is CN(C)Cc1cccc2c1C1(COc3cc4c(cc31)CCO4)C(=O)N2CC1CCCO1. The van der Waals surface area contributed by atoms with Crippen molar-refractivity contribution < 1.29 is 19.0 Å². The zero-order valence-electron chi connectivity index (χ0n) is 18.1. The Balaban J connectivity index is 1.53. The van der Waals surface area contributed by atoms with Crippen LogP contribution in [0.2, 0.25) is 0 Å². The maximum Gasteiger partial charge on any atom is 0.245 e. The van der Waals surface area contributed by atoms with Crippen LogP contribution in [0.3, 0.4) is 0 Å². The van der Waals surface area contributed by atoms with Crippen molar-refractivity contribution >= 4 is 11.6 Å². The van der Waals surface area contributed by atoms with Crippen LogP contribution >= 0.6 is 0 Å². The molecule has 2 unspecified atom stereocenters. The van der Waals surface area contributed by atoms with Gasteiger partial charge in [-0.15, -0.1) is 0 Å². The van der Waals surface area contributed by atoms with Crippen molar-refractivity contribution in [1.82, 2.24) is 4.90 Å². The van der Waals surface area contributed by atoms with E-state index in [0.29, 0.717) is 19.8 Å². The predicted molar refractivity (Wildman–Crippen MR) is 117 cm³/mol. The minimum Gasteiger partial charge on any atom is -0.493 e. The lowest BCUT2D eigenvalue weighted by Gasteiger charge is -2.26. The number of fused-ring (bicyclic) bond motifs is 5. The molecule has 31 heavy (non-hydrogen) atoms. The first-order valence-electron chi connectivity index (χ1n) is 11.2. The Bertz CT molecular complexity index is 1060. The molecule has 0 bridgehead atoms. The van der Waals surface area contributed by atoms with Crippen molar-refractivity contribution in [3.05, 3.63) is 52.6 Å². The number of benzene rings is 2. The number of carbonyl (C=O) groups is 1. The standard InChI is InChI=1S/C25H28N2O4/c1-26(2)13-17-5-3-7-20-23(17)25(24(28)27(20)14-18-6-4-9-29-18)15-31-22-12-21-16(8-10-30-21)11-19(22)25/h3,5,7,11-12,18H,4,6,8-10,13-15H2,1-2H3. The molecule has 6 nitrogen and oxygen atoms in total. The van der Waals surface area contributed by atoms with Gasteiger partial charge in [0.1, 0.15) is 23.5 Å². The minimum atomic E-state index is -0.798. The van der Waals surface area contributed by atoms with Gasteiger partial charge in [-0.2, -0.15) is 0 Å². The fraction of sp³-hybridized carbons (Fsp3) is 0.480. The van der Waals surface area contributed by atoms with E-state index in [2.05, 4.69) is 43.3 Å². The monoisotopic (exact) mass is 420 g/mol. The normalized spacial score (nSPS) is 25.7.